The molecule has 0 aromatic rings. The van der Waals surface area contributed by atoms with Gasteiger partial charge in [-0.1, -0.05) is 25.3 Å². The number of carbonyl (C=O) groups excluding carboxylic acids is 4. The highest BCUT2D eigenvalue weighted by molar-refractivity contribution is 5.92. The van der Waals surface area contributed by atoms with Crippen molar-refractivity contribution in [3.8, 4) is 0 Å². The molecule has 1 aliphatic heterocycles. The van der Waals surface area contributed by atoms with Gasteiger partial charge in [0.1, 0.15) is 18.3 Å². The van der Waals surface area contributed by atoms with Crippen molar-refractivity contribution in [2.45, 2.75) is 56.8 Å². The fourth-order valence-corrected chi connectivity index (χ4v) is 5.05. The molecule has 3 aliphatic rings. The van der Waals surface area contributed by atoms with Crippen molar-refractivity contribution in [1.29, 1.82) is 0 Å². The lowest BCUT2D eigenvalue weighted by Gasteiger charge is -2.28. The minimum Gasteiger partial charge on any atom is -0.481 e. The van der Waals surface area contributed by atoms with Crippen LogP contribution in [0, 0.1) is 17.8 Å². The Balaban J connectivity index is 1.75. The SMILES string of the molecule is C=C(OC(=O)CCC(=O)O)C(=O)O[C@H]1CC(=C)[C@@H]2C[C@H](OC(=O)CCC(=O)O)C(=C)[C@@H]2[C@H]2OC(=O)C(=C)[C@@H]21. The Morgan fingerprint density at radius 3 is 2.11 bits per heavy atom. The highest BCUT2D eigenvalue weighted by Gasteiger charge is 2.57. The third kappa shape index (κ3) is 6.18. The number of rotatable bonds is 10. The number of carbonyl (C=O) groups is 6. The number of fused-ring (bicyclic) bond motifs is 3. The van der Waals surface area contributed by atoms with E-state index in [0.29, 0.717) is 11.1 Å². The van der Waals surface area contributed by atoms with Gasteiger partial charge in [-0.25, -0.2) is 9.59 Å². The van der Waals surface area contributed by atoms with Gasteiger partial charge in [0, 0.05) is 17.9 Å². The molecule has 3 rings (SSSR count). The van der Waals surface area contributed by atoms with E-state index in [9.17, 15) is 28.8 Å². The van der Waals surface area contributed by atoms with E-state index in [1.54, 1.807) is 0 Å². The van der Waals surface area contributed by atoms with Crippen LogP contribution in [0.2, 0.25) is 0 Å². The molecule has 12 heteroatoms. The second-order valence-corrected chi connectivity index (χ2v) is 9.33. The smallest absolute Gasteiger partial charge is 0.374 e. The molecule has 2 N–H and O–H groups in total. The van der Waals surface area contributed by atoms with Crippen LogP contribution in [0.3, 0.4) is 0 Å². The summed E-state index contributed by atoms with van der Waals surface area (Å²) in [4.78, 5) is 70.4. The zero-order valence-electron chi connectivity index (χ0n) is 20.5. The Labute approximate surface area is 217 Å². The second-order valence-electron chi connectivity index (χ2n) is 9.33. The van der Waals surface area contributed by atoms with E-state index in [2.05, 4.69) is 26.3 Å². The Morgan fingerprint density at radius 1 is 0.895 bits per heavy atom. The molecule has 38 heavy (non-hydrogen) atoms. The van der Waals surface area contributed by atoms with Crippen LogP contribution in [0.15, 0.2) is 48.8 Å². The number of carboxylic acids is 2. The van der Waals surface area contributed by atoms with Crippen molar-refractivity contribution >= 4 is 35.8 Å². The average Bonchev–Trinajstić information content (AvgIpc) is 3.27. The first kappa shape index (κ1) is 28.4. The molecule has 3 fully saturated rings. The summed E-state index contributed by atoms with van der Waals surface area (Å²) in [7, 11) is 0. The first-order valence-corrected chi connectivity index (χ1v) is 11.8. The Kier molecular flexibility index (Phi) is 8.54. The number of hydrogen-bond acceptors (Lipinski definition) is 10. The maximum Gasteiger partial charge on any atom is 0.374 e. The second kappa shape index (κ2) is 11.4. The lowest BCUT2D eigenvalue weighted by molar-refractivity contribution is -0.157. The van der Waals surface area contributed by atoms with Gasteiger partial charge < -0.3 is 29.2 Å². The molecule has 0 unspecified atom stereocenters. The van der Waals surface area contributed by atoms with Crippen LogP contribution in [0.5, 0.6) is 0 Å². The molecule has 6 atom stereocenters. The normalized spacial score (nSPS) is 27.9. The standard InChI is InChI=1S/C26H28O12/c1-11-9-17(37-26(34)14(4)35-20(31)7-5-18(27)28)23-13(3)25(33)38-24(23)22-12(2)16(10-15(11)22)36-21(32)8-6-19(29)30/h15-17,22-24H,1-10H2,(H,27,28)(H,29,30)/t15-,16-,17-,22-,23+,24+/m0/s1. The maximum absolute atomic E-state index is 12.7. The van der Waals surface area contributed by atoms with E-state index in [0.717, 1.165) is 0 Å². The monoisotopic (exact) mass is 532 g/mol. The highest BCUT2D eigenvalue weighted by Crippen LogP contribution is 2.53. The molecule has 0 radical (unpaired) electrons. The van der Waals surface area contributed by atoms with E-state index < -0.39 is 84.6 Å². The van der Waals surface area contributed by atoms with Crippen molar-refractivity contribution in [1.82, 2.24) is 0 Å². The van der Waals surface area contributed by atoms with Crippen molar-refractivity contribution in [2.75, 3.05) is 0 Å². The molecule has 0 aromatic heterocycles. The molecule has 0 aromatic carbocycles. The van der Waals surface area contributed by atoms with Crippen molar-refractivity contribution < 1.29 is 57.9 Å². The minimum atomic E-state index is -1.22. The lowest BCUT2D eigenvalue weighted by Crippen LogP contribution is -2.36. The fraction of sp³-hybridized carbons (Fsp3) is 0.462. The zero-order chi connectivity index (χ0) is 28.3. The van der Waals surface area contributed by atoms with E-state index in [1.165, 1.54) is 0 Å². The Bertz CT molecular complexity index is 1130. The van der Waals surface area contributed by atoms with Gasteiger partial charge in [-0.2, -0.15) is 0 Å². The van der Waals surface area contributed by atoms with Gasteiger partial charge in [-0.05, 0) is 24.5 Å². The van der Waals surface area contributed by atoms with E-state index in [-0.39, 0.29) is 37.2 Å². The fourth-order valence-electron chi connectivity index (χ4n) is 5.05. The molecular formula is C26H28O12. The highest BCUT2D eigenvalue weighted by atomic mass is 16.6. The number of esters is 4. The van der Waals surface area contributed by atoms with Gasteiger partial charge in [-0.15, -0.1) is 0 Å². The molecule has 2 saturated carbocycles. The van der Waals surface area contributed by atoms with Gasteiger partial charge in [0.05, 0.1) is 31.6 Å². The number of hydrogen-bond donors (Lipinski definition) is 2. The lowest BCUT2D eigenvalue weighted by atomic mass is 9.81. The van der Waals surface area contributed by atoms with Gasteiger partial charge in [-0.3, -0.25) is 19.2 Å². The summed E-state index contributed by atoms with van der Waals surface area (Å²) in [5.41, 5.74) is 1.13. The van der Waals surface area contributed by atoms with Crippen LogP contribution in [-0.2, 0) is 47.7 Å². The van der Waals surface area contributed by atoms with E-state index in [1.807, 2.05) is 0 Å². The molecule has 1 heterocycles. The first-order chi connectivity index (χ1) is 17.8. The first-order valence-electron chi connectivity index (χ1n) is 11.8. The molecule has 1 saturated heterocycles. The zero-order valence-corrected chi connectivity index (χ0v) is 20.5. The molecular weight excluding hydrogens is 504 g/mol. The molecule has 0 amide bonds. The van der Waals surface area contributed by atoms with Crippen molar-refractivity contribution in [3.05, 3.63) is 48.8 Å². The largest absolute Gasteiger partial charge is 0.481 e. The van der Waals surface area contributed by atoms with Crippen LogP contribution >= 0.6 is 0 Å². The molecule has 0 bridgehead atoms. The molecule has 0 spiro atoms. The number of aliphatic carboxylic acids is 2. The van der Waals surface area contributed by atoms with E-state index >= 15 is 0 Å². The summed E-state index contributed by atoms with van der Waals surface area (Å²) in [6.45, 7) is 15.3. The number of carboxylic acid groups (broad SMARTS) is 2. The quantitative estimate of drug-likeness (QED) is 0.137. The maximum atomic E-state index is 12.7. The van der Waals surface area contributed by atoms with Crippen LogP contribution in [0.4, 0.5) is 0 Å². The minimum absolute atomic E-state index is 0.0556. The summed E-state index contributed by atoms with van der Waals surface area (Å²) in [5, 5.41) is 17.5. The molecule has 204 valence electrons. The van der Waals surface area contributed by atoms with Crippen molar-refractivity contribution in [3.63, 3.8) is 0 Å². The summed E-state index contributed by atoms with van der Waals surface area (Å²) in [6, 6.07) is 0. The Morgan fingerprint density at radius 2 is 1.50 bits per heavy atom. The van der Waals surface area contributed by atoms with Gasteiger partial charge in [0.2, 0.25) is 5.76 Å². The topological polar surface area (TPSA) is 180 Å². The van der Waals surface area contributed by atoms with Crippen LogP contribution in [-0.4, -0.2) is 64.3 Å². The third-order valence-corrected chi connectivity index (χ3v) is 6.83. The van der Waals surface area contributed by atoms with Gasteiger partial charge >= 0.3 is 35.8 Å². The third-order valence-electron chi connectivity index (χ3n) is 6.83. The summed E-state index contributed by atoms with van der Waals surface area (Å²) in [6.07, 6.45) is -3.90. The van der Waals surface area contributed by atoms with Crippen molar-refractivity contribution in [2.24, 2.45) is 17.8 Å². The van der Waals surface area contributed by atoms with Crippen LogP contribution < -0.4 is 0 Å². The summed E-state index contributed by atoms with van der Waals surface area (Å²) in [5.74, 6) is -8.16. The van der Waals surface area contributed by atoms with Gasteiger partial charge in [0.15, 0.2) is 0 Å². The molecule has 12 nitrogen and oxygen atoms in total. The number of ether oxygens (including phenoxy) is 4. The predicted molar refractivity (Wildman–Crippen MR) is 126 cm³/mol. The predicted octanol–water partition coefficient (Wildman–Crippen LogP) is 1.85. The Hall–Kier alpha value is -4.22. The summed E-state index contributed by atoms with van der Waals surface area (Å²) >= 11 is 0. The average molecular weight is 532 g/mol. The van der Waals surface area contributed by atoms with Crippen LogP contribution in [0.1, 0.15) is 38.5 Å². The molecule has 2 aliphatic carbocycles. The van der Waals surface area contributed by atoms with Crippen LogP contribution in [0.25, 0.3) is 0 Å². The van der Waals surface area contributed by atoms with E-state index in [4.69, 9.17) is 29.2 Å². The summed E-state index contributed by atoms with van der Waals surface area (Å²) < 4.78 is 21.4. The van der Waals surface area contributed by atoms with Gasteiger partial charge in [0.25, 0.3) is 0 Å².